The van der Waals surface area contributed by atoms with Crippen LogP contribution in [0.25, 0.3) is 0 Å². The van der Waals surface area contributed by atoms with Gasteiger partial charge in [0, 0.05) is 24.5 Å². The first kappa shape index (κ1) is 12.7. The normalized spacial score (nSPS) is 14.7. The summed E-state index contributed by atoms with van der Waals surface area (Å²) in [7, 11) is 0. The predicted octanol–water partition coefficient (Wildman–Crippen LogP) is 3.16. The second-order valence-corrected chi connectivity index (χ2v) is 4.54. The van der Waals surface area contributed by atoms with Gasteiger partial charge in [0.05, 0.1) is 6.61 Å². The molecule has 0 saturated carbocycles. The molecule has 1 N–H and O–H groups in total. The lowest BCUT2D eigenvalue weighted by Gasteiger charge is -2.19. The van der Waals surface area contributed by atoms with E-state index in [0.717, 1.165) is 24.3 Å². The number of anilines is 2. The van der Waals surface area contributed by atoms with Crippen LogP contribution in [0.15, 0.2) is 18.2 Å². The minimum absolute atomic E-state index is 0.386. The molecule has 0 aromatic heterocycles. The van der Waals surface area contributed by atoms with Crippen molar-refractivity contribution < 1.29 is 9.53 Å². The summed E-state index contributed by atoms with van der Waals surface area (Å²) in [6.07, 6.45) is 2.14. The second kappa shape index (κ2) is 5.76. The minimum atomic E-state index is -0.394. The molecule has 0 bridgehead atoms. The molecular weight excluding hydrogens is 228 g/mol. The van der Waals surface area contributed by atoms with Gasteiger partial charge in [0.2, 0.25) is 0 Å². The van der Waals surface area contributed by atoms with Crippen LogP contribution in [0.4, 0.5) is 16.2 Å². The van der Waals surface area contributed by atoms with Crippen molar-refractivity contribution >= 4 is 17.5 Å². The van der Waals surface area contributed by atoms with E-state index in [-0.39, 0.29) is 0 Å². The quantitative estimate of drug-likeness (QED) is 0.893. The molecule has 1 fully saturated rings. The summed E-state index contributed by atoms with van der Waals surface area (Å²) in [6, 6.07) is 6.12. The Labute approximate surface area is 108 Å². The lowest BCUT2D eigenvalue weighted by Crippen LogP contribution is -2.18. The Bertz CT molecular complexity index is 426. The first-order valence-electron chi connectivity index (χ1n) is 6.50. The van der Waals surface area contributed by atoms with E-state index in [2.05, 4.69) is 22.3 Å². The number of ether oxygens (including phenoxy) is 1. The molecule has 18 heavy (non-hydrogen) atoms. The molecule has 1 aromatic carbocycles. The molecule has 98 valence electrons. The smallest absolute Gasteiger partial charge is 0.411 e. The van der Waals surface area contributed by atoms with Crippen molar-refractivity contribution in [3.8, 4) is 0 Å². The third-order valence-corrected chi connectivity index (χ3v) is 3.19. The van der Waals surface area contributed by atoms with Crippen molar-refractivity contribution in [2.75, 3.05) is 29.9 Å². The Morgan fingerprint density at radius 1 is 1.39 bits per heavy atom. The maximum Gasteiger partial charge on any atom is 0.411 e. The molecule has 1 aromatic rings. The second-order valence-electron chi connectivity index (χ2n) is 4.54. The van der Waals surface area contributed by atoms with Gasteiger partial charge in [0.25, 0.3) is 0 Å². The van der Waals surface area contributed by atoms with Gasteiger partial charge in [-0.05, 0) is 50.5 Å². The molecule has 1 heterocycles. The molecule has 2 rings (SSSR count). The van der Waals surface area contributed by atoms with Gasteiger partial charge in [-0.2, -0.15) is 0 Å². The summed E-state index contributed by atoms with van der Waals surface area (Å²) >= 11 is 0. The highest BCUT2D eigenvalue weighted by molar-refractivity contribution is 5.86. The number of nitrogens with one attached hydrogen (secondary N) is 1. The van der Waals surface area contributed by atoms with Crippen LogP contribution in [0, 0.1) is 6.92 Å². The number of carbonyl (C=O) groups excluding carboxylic acids is 1. The van der Waals surface area contributed by atoms with Gasteiger partial charge in [-0.1, -0.05) is 0 Å². The highest BCUT2D eigenvalue weighted by atomic mass is 16.5. The molecular formula is C14H20N2O2. The summed E-state index contributed by atoms with van der Waals surface area (Å²) in [5.41, 5.74) is 3.11. The summed E-state index contributed by atoms with van der Waals surface area (Å²) in [4.78, 5) is 13.7. The van der Waals surface area contributed by atoms with Crippen molar-refractivity contribution in [3.05, 3.63) is 23.8 Å². The average molecular weight is 248 g/mol. The molecule has 0 aliphatic carbocycles. The molecule has 0 radical (unpaired) electrons. The van der Waals surface area contributed by atoms with E-state index in [1.165, 1.54) is 18.5 Å². The fourth-order valence-electron chi connectivity index (χ4n) is 2.24. The largest absolute Gasteiger partial charge is 0.450 e. The lowest BCUT2D eigenvalue weighted by atomic mass is 10.1. The Hall–Kier alpha value is -1.71. The number of aryl methyl sites for hydroxylation is 1. The van der Waals surface area contributed by atoms with Crippen LogP contribution < -0.4 is 10.2 Å². The summed E-state index contributed by atoms with van der Waals surface area (Å²) in [6.45, 7) is 6.44. The molecule has 0 spiro atoms. The zero-order valence-electron chi connectivity index (χ0n) is 11.0. The van der Waals surface area contributed by atoms with Crippen LogP contribution in [0.2, 0.25) is 0 Å². The Morgan fingerprint density at radius 3 is 2.72 bits per heavy atom. The Morgan fingerprint density at radius 2 is 2.11 bits per heavy atom. The number of benzene rings is 1. The molecule has 4 nitrogen and oxygen atoms in total. The van der Waals surface area contributed by atoms with Gasteiger partial charge < -0.3 is 9.64 Å². The van der Waals surface area contributed by atoms with E-state index < -0.39 is 6.09 Å². The van der Waals surface area contributed by atoms with Crippen LogP contribution in [0.1, 0.15) is 25.3 Å². The number of hydrogen-bond donors (Lipinski definition) is 1. The highest BCUT2D eigenvalue weighted by Gasteiger charge is 2.13. The maximum absolute atomic E-state index is 11.4. The van der Waals surface area contributed by atoms with Gasteiger partial charge in [0.1, 0.15) is 0 Å². The number of carbonyl (C=O) groups is 1. The summed E-state index contributed by atoms with van der Waals surface area (Å²) in [5.74, 6) is 0. The standard InChI is InChI=1S/C14H20N2O2/c1-3-18-14(17)15-13-7-6-12(10-11(13)2)16-8-4-5-9-16/h6-7,10H,3-5,8-9H2,1-2H3,(H,15,17). The average Bonchev–Trinajstić information content (AvgIpc) is 2.85. The van der Waals surface area contributed by atoms with Crippen LogP contribution in [0.3, 0.4) is 0 Å². The molecule has 0 atom stereocenters. The van der Waals surface area contributed by atoms with Gasteiger partial charge in [-0.15, -0.1) is 0 Å². The molecule has 4 heteroatoms. The zero-order valence-corrected chi connectivity index (χ0v) is 11.0. The van der Waals surface area contributed by atoms with E-state index in [1.54, 1.807) is 6.92 Å². The lowest BCUT2D eigenvalue weighted by molar-refractivity contribution is 0.168. The Balaban J connectivity index is 2.07. The van der Waals surface area contributed by atoms with E-state index in [9.17, 15) is 4.79 Å². The van der Waals surface area contributed by atoms with Crippen LogP contribution in [-0.4, -0.2) is 25.8 Å². The topological polar surface area (TPSA) is 41.6 Å². The van der Waals surface area contributed by atoms with Crippen molar-refractivity contribution in [1.29, 1.82) is 0 Å². The number of nitrogens with zero attached hydrogens (tertiary/aromatic N) is 1. The van der Waals surface area contributed by atoms with E-state index in [4.69, 9.17) is 4.74 Å². The SMILES string of the molecule is CCOC(=O)Nc1ccc(N2CCCC2)cc1C. The maximum atomic E-state index is 11.4. The minimum Gasteiger partial charge on any atom is -0.450 e. The van der Waals surface area contributed by atoms with Crippen molar-refractivity contribution in [3.63, 3.8) is 0 Å². The third-order valence-electron chi connectivity index (χ3n) is 3.19. The number of amides is 1. The third kappa shape index (κ3) is 2.94. The highest BCUT2D eigenvalue weighted by Crippen LogP contribution is 2.25. The molecule has 1 saturated heterocycles. The van der Waals surface area contributed by atoms with Crippen molar-refractivity contribution in [1.82, 2.24) is 0 Å². The van der Waals surface area contributed by atoms with Crippen LogP contribution >= 0.6 is 0 Å². The fraction of sp³-hybridized carbons (Fsp3) is 0.500. The van der Waals surface area contributed by atoms with Gasteiger partial charge >= 0.3 is 6.09 Å². The molecule has 1 amide bonds. The molecule has 0 unspecified atom stereocenters. The summed E-state index contributed by atoms with van der Waals surface area (Å²) in [5, 5.41) is 2.75. The first-order chi connectivity index (χ1) is 8.70. The monoisotopic (exact) mass is 248 g/mol. The van der Waals surface area contributed by atoms with Crippen molar-refractivity contribution in [2.45, 2.75) is 26.7 Å². The molecule has 1 aliphatic heterocycles. The van der Waals surface area contributed by atoms with Crippen LogP contribution in [0.5, 0.6) is 0 Å². The van der Waals surface area contributed by atoms with E-state index in [0.29, 0.717) is 6.61 Å². The summed E-state index contributed by atoms with van der Waals surface area (Å²) < 4.78 is 4.87. The number of rotatable bonds is 3. The van der Waals surface area contributed by atoms with Gasteiger partial charge in [-0.25, -0.2) is 4.79 Å². The molecule has 1 aliphatic rings. The van der Waals surface area contributed by atoms with Gasteiger partial charge in [-0.3, -0.25) is 5.32 Å². The number of hydrogen-bond acceptors (Lipinski definition) is 3. The van der Waals surface area contributed by atoms with Crippen molar-refractivity contribution in [2.24, 2.45) is 0 Å². The van der Waals surface area contributed by atoms with E-state index in [1.807, 2.05) is 13.0 Å². The predicted molar refractivity (Wildman–Crippen MR) is 73.3 cm³/mol. The Kier molecular flexibility index (Phi) is 4.07. The van der Waals surface area contributed by atoms with E-state index >= 15 is 0 Å². The first-order valence-corrected chi connectivity index (χ1v) is 6.50. The van der Waals surface area contributed by atoms with Gasteiger partial charge in [0.15, 0.2) is 0 Å². The zero-order chi connectivity index (χ0) is 13.0. The fourth-order valence-corrected chi connectivity index (χ4v) is 2.24. The van der Waals surface area contributed by atoms with Crippen LogP contribution in [-0.2, 0) is 4.74 Å².